The lowest BCUT2D eigenvalue weighted by Gasteiger charge is -2.20. The molecule has 3 nitrogen and oxygen atoms in total. The summed E-state index contributed by atoms with van der Waals surface area (Å²) < 4.78 is 0. The average molecular weight is 299 g/mol. The van der Waals surface area contributed by atoms with Gasteiger partial charge in [0.1, 0.15) is 0 Å². The van der Waals surface area contributed by atoms with Crippen LogP contribution >= 0.6 is 12.2 Å². The minimum Gasteiger partial charge on any atom is -0.356 e. The first-order valence-electron chi connectivity index (χ1n) is 7.15. The molecule has 1 aromatic heterocycles. The van der Waals surface area contributed by atoms with Crippen LogP contribution in [0.1, 0.15) is 36.1 Å². The number of hydrogen-bond acceptors (Lipinski definition) is 2. The smallest absolute Gasteiger partial charge is 0.171 e. The first-order chi connectivity index (χ1) is 10.1. The topological polar surface area (TPSA) is 37.0 Å². The van der Waals surface area contributed by atoms with Gasteiger partial charge in [-0.25, -0.2) is 0 Å². The zero-order chi connectivity index (χ0) is 15.2. The molecule has 0 radical (unpaired) electrons. The summed E-state index contributed by atoms with van der Waals surface area (Å²) in [6.07, 6.45) is 4.47. The zero-order valence-corrected chi connectivity index (χ0v) is 13.5. The summed E-state index contributed by atoms with van der Waals surface area (Å²) in [4.78, 5) is 4.07. The third-order valence-corrected chi connectivity index (χ3v) is 3.79. The minimum atomic E-state index is 0.209. The first-order valence-corrected chi connectivity index (χ1v) is 7.55. The van der Waals surface area contributed by atoms with Crippen molar-refractivity contribution >= 4 is 23.0 Å². The highest BCUT2D eigenvalue weighted by Gasteiger charge is 2.11. The van der Waals surface area contributed by atoms with Crippen molar-refractivity contribution in [1.29, 1.82) is 0 Å². The quantitative estimate of drug-likeness (QED) is 0.832. The minimum absolute atomic E-state index is 0.209. The summed E-state index contributed by atoms with van der Waals surface area (Å²) in [6, 6.07) is 10.6. The van der Waals surface area contributed by atoms with E-state index in [0.29, 0.717) is 5.11 Å². The fourth-order valence-electron chi connectivity index (χ4n) is 2.16. The molecule has 110 valence electrons. The van der Waals surface area contributed by atoms with E-state index in [1.54, 1.807) is 12.4 Å². The second kappa shape index (κ2) is 7.18. The van der Waals surface area contributed by atoms with Crippen molar-refractivity contribution in [2.45, 2.75) is 33.2 Å². The molecule has 0 aliphatic carbocycles. The van der Waals surface area contributed by atoms with E-state index in [0.717, 1.165) is 12.1 Å². The summed E-state index contributed by atoms with van der Waals surface area (Å²) in [5.41, 5.74) is 4.77. The molecule has 2 aromatic rings. The molecule has 0 saturated carbocycles. The van der Waals surface area contributed by atoms with Gasteiger partial charge in [-0.05, 0) is 61.3 Å². The lowest BCUT2D eigenvalue weighted by Crippen LogP contribution is -2.32. The van der Waals surface area contributed by atoms with Crippen molar-refractivity contribution in [2.24, 2.45) is 0 Å². The highest BCUT2D eigenvalue weighted by Crippen LogP contribution is 2.20. The van der Waals surface area contributed by atoms with E-state index in [4.69, 9.17) is 12.2 Å². The van der Waals surface area contributed by atoms with Crippen molar-refractivity contribution in [1.82, 2.24) is 10.3 Å². The number of hydrogen-bond donors (Lipinski definition) is 2. The van der Waals surface area contributed by atoms with Crippen LogP contribution in [0.5, 0.6) is 0 Å². The normalized spacial score (nSPS) is 11.8. The predicted molar refractivity (Wildman–Crippen MR) is 92.5 cm³/mol. The molecule has 0 bridgehead atoms. The number of aryl methyl sites for hydroxylation is 2. The van der Waals surface area contributed by atoms with Gasteiger partial charge < -0.3 is 10.6 Å². The SMILES string of the molecule is CC[C@H](NC(=S)Nc1cccnc1)c1ccc(C)c(C)c1. The van der Waals surface area contributed by atoms with Crippen molar-refractivity contribution in [3.63, 3.8) is 0 Å². The Labute approximate surface area is 131 Å². The number of thiocarbonyl (C=S) groups is 1. The van der Waals surface area contributed by atoms with Crippen LogP contribution in [-0.2, 0) is 0 Å². The molecule has 0 aliphatic heterocycles. The molecule has 1 heterocycles. The van der Waals surface area contributed by atoms with Crippen molar-refractivity contribution < 1.29 is 0 Å². The van der Waals surface area contributed by atoms with Crippen LogP contribution < -0.4 is 10.6 Å². The molecule has 0 unspecified atom stereocenters. The molecular weight excluding hydrogens is 278 g/mol. The number of nitrogens with zero attached hydrogens (tertiary/aromatic N) is 1. The van der Waals surface area contributed by atoms with Gasteiger partial charge in [0.05, 0.1) is 17.9 Å². The zero-order valence-electron chi connectivity index (χ0n) is 12.7. The molecule has 1 aromatic carbocycles. The van der Waals surface area contributed by atoms with Crippen LogP contribution in [0.25, 0.3) is 0 Å². The number of rotatable bonds is 4. The van der Waals surface area contributed by atoms with Gasteiger partial charge in [0, 0.05) is 6.20 Å². The molecule has 4 heteroatoms. The number of benzene rings is 1. The molecule has 0 amide bonds. The van der Waals surface area contributed by atoms with E-state index in [-0.39, 0.29) is 6.04 Å². The number of pyridine rings is 1. The van der Waals surface area contributed by atoms with E-state index >= 15 is 0 Å². The van der Waals surface area contributed by atoms with Crippen LogP contribution in [0.15, 0.2) is 42.7 Å². The summed E-state index contributed by atoms with van der Waals surface area (Å²) >= 11 is 5.39. The monoisotopic (exact) mass is 299 g/mol. The highest BCUT2D eigenvalue weighted by atomic mass is 32.1. The molecule has 0 spiro atoms. The van der Waals surface area contributed by atoms with Gasteiger partial charge in [-0.3, -0.25) is 4.98 Å². The molecule has 2 rings (SSSR count). The van der Waals surface area contributed by atoms with Gasteiger partial charge in [-0.1, -0.05) is 25.1 Å². The third-order valence-electron chi connectivity index (χ3n) is 3.57. The Balaban J connectivity index is 2.04. The van der Waals surface area contributed by atoms with Gasteiger partial charge in [-0.15, -0.1) is 0 Å². The fourth-order valence-corrected chi connectivity index (χ4v) is 2.42. The Morgan fingerprint density at radius 1 is 1.24 bits per heavy atom. The second-order valence-electron chi connectivity index (χ2n) is 5.14. The lowest BCUT2D eigenvalue weighted by atomic mass is 9.99. The number of anilines is 1. The lowest BCUT2D eigenvalue weighted by molar-refractivity contribution is 0.628. The highest BCUT2D eigenvalue weighted by molar-refractivity contribution is 7.80. The van der Waals surface area contributed by atoms with Gasteiger partial charge in [0.2, 0.25) is 0 Å². The average Bonchev–Trinajstić information content (AvgIpc) is 2.49. The van der Waals surface area contributed by atoms with E-state index in [9.17, 15) is 0 Å². The summed E-state index contributed by atoms with van der Waals surface area (Å²) in [6.45, 7) is 6.42. The van der Waals surface area contributed by atoms with E-state index < -0.39 is 0 Å². The van der Waals surface area contributed by atoms with E-state index in [1.807, 2.05) is 12.1 Å². The Morgan fingerprint density at radius 2 is 2.05 bits per heavy atom. The predicted octanol–water partition coefficient (Wildman–Crippen LogP) is 4.14. The maximum atomic E-state index is 5.39. The first kappa shape index (κ1) is 15.4. The largest absolute Gasteiger partial charge is 0.356 e. The van der Waals surface area contributed by atoms with Crippen molar-refractivity contribution in [3.8, 4) is 0 Å². The van der Waals surface area contributed by atoms with Gasteiger partial charge in [0.15, 0.2) is 5.11 Å². The summed E-state index contributed by atoms with van der Waals surface area (Å²) in [5, 5.41) is 7.15. The van der Waals surface area contributed by atoms with Gasteiger partial charge in [-0.2, -0.15) is 0 Å². The number of aromatic nitrogens is 1. The van der Waals surface area contributed by atoms with Crippen LogP contribution in [-0.4, -0.2) is 10.1 Å². The van der Waals surface area contributed by atoms with Crippen molar-refractivity contribution in [3.05, 3.63) is 59.4 Å². The fraction of sp³-hybridized carbons (Fsp3) is 0.294. The number of nitrogens with one attached hydrogen (secondary N) is 2. The summed E-state index contributed by atoms with van der Waals surface area (Å²) in [7, 11) is 0. The van der Waals surface area contributed by atoms with E-state index in [1.165, 1.54) is 16.7 Å². The van der Waals surface area contributed by atoms with Crippen LogP contribution in [0.2, 0.25) is 0 Å². The maximum Gasteiger partial charge on any atom is 0.171 e. The molecule has 2 N–H and O–H groups in total. The van der Waals surface area contributed by atoms with E-state index in [2.05, 4.69) is 54.6 Å². The van der Waals surface area contributed by atoms with Crippen LogP contribution in [0.3, 0.4) is 0 Å². The standard InChI is InChI=1S/C17H21N3S/c1-4-16(14-8-7-12(2)13(3)10-14)20-17(21)19-15-6-5-9-18-11-15/h5-11,16H,4H2,1-3H3,(H2,19,20,21)/t16-/m0/s1. The Bertz CT molecular complexity index is 611. The van der Waals surface area contributed by atoms with Crippen LogP contribution in [0, 0.1) is 13.8 Å². The van der Waals surface area contributed by atoms with Gasteiger partial charge in [0.25, 0.3) is 0 Å². The molecule has 0 saturated heterocycles. The molecule has 0 fully saturated rings. The summed E-state index contributed by atoms with van der Waals surface area (Å²) in [5.74, 6) is 0. The molecular formula is C17H21N3S. The van der Waals surface area contributed by atoms with Crippen molar-refractivity contribution in [2.75, 3.05) is 5.32 Å². The Morgan fingerprint density at radius 3 is 2.67 bits per heavy atom. The Hall–Kier alpha value is -1.94. The second-order valence-corrected chi connectivity index (χ2v) is 5.55. The van der Waals surface area contributed by atoms with Crippen LogP contribution in [0.4, 0.5) is 5.69 Å². The van der Waals surface area contributed by atoms with Gasteiger partial charge >= 0.3 is 0 Å². The third kappa shape index (κ3) is 4.26. The Kier molecular flexibility index (Phi) is 5.28. The molecule has 1 atom stereocenters. The molecule has 21 heavy (non-hydrogen) atoms. The molecule has 0 aliphatic rings. The maximum absolute atomic E-state index is 5.39.